The Morgan fingerprint density at radius 3 is 1.36 bits per heavy atom. The van der Waals surface area contributed by atoms with Gasteiger partial charge in [-0.15, -0.1) is 0 Å². The van der Waals surface area contributed by atoms with Gasteiger partial charge in [0.25, 0.3) is 0 Å². The first kappa shape index (κ1) is 22.0. The molecule has 22 heavy (non-hydrogen) atoms. The topological polar surface area (TPSA) is 0 Å². The molecule has 0 heterocycles. The molecule has 0 aromatic rings. The molecule has 0 saturated heterocycles. The highest BCUT2D eigenvalue weighted by atomic mass is 14.2. The lowest BCUT2D eigenvalue weighted by Crippen LogP contribution is -2.07. The van der Waals surface area contributed by atoms with Crippen molar-refractivity contribution >= 4 is 0 Å². The molecule has 134 valence electrons. The molecule has 0 aliphatic heterocycles. The van der Waals surface area contributed by atoms with E-state index in [1.165, 1.54) is 96.3 Å². The van der Waals surface area contributed by atoms with Crippen molar-refractivity contribution in [1.29, 1.82) is 0 Å². The molecule has 0 atom stereocenters. The lowest BCUT2D eigenvalue weighted by Gasteiger charge is -2.21. The molecule has 0 aromatic heterocycles. The van der Waals surface area contributed by atoms with E-state index in [9.17, 15) is 0 Å². The number of rotatable bonds is 15. The van der Waals surface area contributed by atoms with Gasteiger partial charge in [0, 0.05) is 0 Å². The molecule has 0 spiro atoms. The van der Waals surface area contributed by atoms with Gasteiger partial charge >= 0.3 is 0 Å². The Balaban J connectivity index is 3.86. The van der Waals surface area contributed by atoms with Gasteiger partial charge in [-0.3, -0.25) is 0 Å². The fourth-order valence-corrected chi connectivity index (χ4v) is 3.43. The first-order valence-electron chi connectivity index (χ1n) is 10.5. The largest absolute Gasteiger partial charge is 0.0654 e. The third kappa shape index (κ3) is 16.4. The SMILES string of the molecule is CCCCCCCC(CCCCCCC)CCCC(C)(C)C. The lowest BCUT2D eigenvalue weighted by atomic mass is 9.85. The summed E-state index contributed by atoms with van der Waals surface area (Å²) in [7, 11) is 0. The van der Waals surface area contributed by atoms with Gasteiger partial charge in [-0.2, -0.15) is 0 Å². The molecule has 0 fully saturated rings. The van der Waals surface area contributed by atoms with Gasteiger partial charge in [-0.05, 0) is 17.8 Å². The minimum absolute atomic E-state index is 0.521. The highest BCUT2D eigenvalue weighted by Gasteiger charge is 2.13. The van der Waals surface area contributed by atoms with Crippen molar-refractivity contribution in [1.82, 2.24) is 0 Å². The Morgan fingerprint density at radius 1 is 0.545 bits per heavy atom. The van der Waals surface area contributed by atoms with Gasteiger partial charge in [-0.25, -0.2) is 0 Å². The third-order valence-electron chi connectivity index (χ3n) is 4.97. The second-order valence-electron chi connectivity index (χ2n) is 8.72. The molecule has 0 nitrogen and oxygen atoms in total. The van der Waals surface area contributed by atoms with Crippen LogP contribution in [-0.2, 0) is 0 Å². The van der Waals surface area contributed by atoms with Crippen molar-refractivity contribution in [2.75, 3.05) is 0 Å². The molecule has 0 saturated carbocycles. The van der Waals surface area contributed by atoms with Crippen LogP contribution in [0.3, 0.4) is 0 Å². The Kier molecular flexibility index (Phi) is 14.6. The maximum atomic E-state index is 2.39. The molecule has 0 N–H and O–H groups in total. The zero-order valence-electron chi connectivity index (χ0n) is 16.7. The van der Waals surface area contributed by atoms with Crippen LogP contribution in [0.4, 0.5) is 0 Å². The van der Waals surface area contributed by atoms with Crippen LogP contribution in [0.25, 0.3) is 0 Å². The zero-order valence-corrected chi connectivity index (χ0v) is 16.7. The smallest absolute Gasteiger partial charge is 0.0383 e. The molecule has 0 heteroatoms. The van der Waals surface area contributed by atoms with E-state index in [1.807, 2.05) is 0 Å². The van der Waals surface area contributed by atoms with Crippen LogP contribution in [0.5, 0.6) is 0 Å². The minimum Gasteiger partial charge on any atom is -0.0654 e. The lowest BCUT2D eigenvalue weighted by molar-refractivity contribution is 0.314. The van der Waals surface area contributed by atoms with E-state index in [1.54, 1.807) is 0 Å². The molecule has 0 bridgehead atoms. The van der Waals surface area contributed by atoms with Crippen molar-refractivity contribution < 1.29 is 0 Å². The summed E-state index contributed by atoms with van der Waals surface area (Å²) in [5.41, 5.74) is 0.521. The summed E-state index contributed by atoms with van der Waals surface area (Å²) in [5.74, 6) is 1.02. The van der Waals surface area contributed by atoms with E-state index in [-0.39, 0.29) is 0 Å². The average molecular weight is 311 g/mol. The van der Waals surface area contributed by atoms with Gasteiger partial charge < -0.3 is 0 Å². The first-order valence-corrected chi connectivity index (χ1v) is 10.5. The normalized spacial score (nSPS) is 12.3. The van der Waals surface area contributed by atoms with E-state index >= 15 is 0 Å². The van der Waals surface area contributed by atoms with Crippen LogP contribution in [0.2, 0.25) is 0 Å². The summed E-state index contributed by atoms with van der Waals surface area (Å²) < 4.78 is 0. The average Bonchev–Trinajstić information content (AvgIpc) is 2.44. The molecule has 0 aliphatic rings. The predicted octanol–water partition coefficient (Wildman–Crippen LogP) is 8.54. The van der Waals surface area contributed by atoms with Gasteiger partial charge in [-0.1, -0.05) is 125 Å². The van der Waals surface area contributed by atoms with Crippen molar-refractivity contribution in [2.24, 2.45) is 11.3 Å². The van der Waals surface area contributed by atoms with Gasteiger partial charge in [0.15, 0.2) is 0 Å². The maximum Gasteiger partial charge on any atom is -0.0383 e. The minimum atomic E-state index is 0.521. The monoisotopic (exact) mass is 310 g/mol. The van der Waals surface area contributed by atoms with Crippen molar-refractivity contribution in [3.8, 4) is 0 Å². The quantitative estimate of drug-likeness (QED) is 0.266. The third-order valence-corrected chi connectivity index (χ3v) is 4.97. The Labute approximate surface area is 142 Å². The molecular weight excluding hydrogens is 264 g/mol. The Bertz CT molecular complexity index is 197. The molecular formula is C22H46. The van der Waals surface area contributed by atoms with Crippen LogP contribution in [0, 0.1) is 11.3 Å². The van der Waals surface area contributed by atoms with Crippen LogP contribution in [0.15, 0.2) is 0 Å². The summed E-state index contributed by atoms with van der Waals surface area (Å²) in [5, 5.41) is 0. The summed E-state index contributed by atoms with van der Waals surface area (Å²) in [6.07, 6.45) is 21.8. The molecule has 0 radical (unpaired) electrons. The maximum absolute atomic E-state index is 2.39. The van der Waals surface area contributed by atoms with E-state index in [0.717, 1.165) is 5.92 Å². The van der Waals surface area contributed by atoms with Crippen LogP contribution >= 0.6 is 0 Å². The number of hydrogen-bond donors (Lipinski definition) is 0. The van der Waals surface area contributed by atoms with E-state index < -0.39 is 0 Å². The second kappa shape index (κ2) is 14.6. The highest BCUT2D eigenvalue weighted by molar-refractivity contribution is 4.66. The van der Waals surface area contributed by atoms with Crippen molar-refractivity contribution in [2.45, 2.75) is 131 Å². The van der Waals surface area contributed by atoms with Crippen molar-refractivity contribution in [3.05, 3.63) is 0 Å². The van der Waals surface area contributed by atoms with E-state index in [2.05, 4.69) is 34.6 Å². The molecule has 0 aromatic carbocycles. The van der Waals surface area contributed by atoms with Crippen LogP contribution < -0.4 is 0 Å². The summed E-state index contributed by atoms with van der Waals surface area (Å²) in [4.78, 5) is 0. The summed E-state index contributed by atoms with van der Waals surface area (Å²) >= 11 is 0. The van der Waals surface area contributed by atoms with Crippen molar-refractivity contribution in [3.63, 3.8) is 0 Å². The Hall–Kier alpha value is 0. The van der Waals surface area contributed by atoms with Gasteiger partial charge in [0.05, 0.1) is 0 Å². The highest BCUT2D eigenvalue weighted by Crippen LogP contribution is 2.28. The summed E-state index contributed by atoms with van der Waals surface area (Å²) in [6.45, 7) is 11.8. The molecule has 0 amide bonds. The van der Waals surface area contributed by atoms with Crippen LogP contribution in [0.1, 0.15) is 131 Å². The Morgan fingerprint density at radius 2 is 0.955 bits per heavy atom. The fourth-order valence-electron chi connectivity index (χ4n) is 3.43. The zero-order chi connectivity index (χ0) is 16.7. The van der Waals surface area contributed by atoms with Gasteiger partial charge in [0.1, 0.15) is 0 Å². The second-order valence-corrected chi connectivity index (χ2v) is 8.72. The number of hydrogen-bond acceptors (Lipinski definition) is 0. The predicted molar refractivity (Wildman–Crippen MR) is 104 cm³/mol. The molecule has 0 rings (SSSR count). The van der Waals surface area contributed by atoms with Crippen LogP contribution in [-0.4, -0.2) is 0 Å². The fraction of sp³-hybridized carbons (Fsp3) is 1.00. The van der Waals surface area contributed by atoms with E-state index in [0.29, 0.717) is 5.41 Å². The summed E-state index contributed by atoms with van der Waals surface area (Å²) in [6, 6.07) is 0. The molecule has 0 aliphatic carbocycles. The van der Waals surface area contributed by atoms with Gasteiger partial charge in [0.2, 0.25) is 0 Å². The standard InChI is InChI=1S/C22H46/c1-6-8-10-12-14-17-21(18-15-13-11-9-7-2)19-16-20-22(3,4)5/h21H,6-20H2,1-5H3. The first-order chi connectivity index (χ1) is 10.5. The van der Waals surface area contributed by atoms with E-state index in [4.69, 9.17) is 0 Å². The number of unbranched alkanes of at least 4 members (excludes halogenated alkanes) is 8. The molecule has 0 unspecified atom stereocenters.